The molecule has 0 saturated carbocycles. The zero-order valence-corrected chi connectivity index (χ0v) is 16.8. The van der Waals surface area contributed by atoms with Gasteiger partial charge in [-0.25, -0.2) is 0 Å². The van der Waals surface area contributed by atoms with E-state index in [0.29, 0.717) is 11.1 Å². The highest BCUT2D eigenvalue weighted by molar-refractivity contribution is 6.23. The number of rotatable bonds is 6. The molecule has 2 aromatic rings. The molecule has 0 saturated heterocycles. The maximum atomic E-state index is 11.5. The molecular weight excluding hydrogens is 419 g/mol. The third-order valence-electron chi connectivity index (χ3n) is 3.71. The van der Waals surface area contributed by atoms with E-state index in [1.165, 1.54) is 36.4 Å². The first-order valence-electron chi connectivity index (χ1n) is 8.15. The van der Waals surface area contributed by atoms with E-state index in [4.69, 9.17) is 27.9 Å². The van der Waals surface area contributed by atoms with Crippen molar-refractivity contribution in [2.24, 2.45) is 0 Å². The molecule has 0 aliphatic rings. The zero-order valence-electron chi connectivity index (χ0n) is 15.3. The predicted octanol–water partition coefficient (Wildman–Crippen LogP) is 5.90. The Hall–Kier alpha value is -3.26. The van der Waals surface area contributed by atoms with Gasteiger partial charge in [-0.3, -0.25) is 20.2 Å². The third-order valence-corrected chi connectivity index (χ3v) is 4.43. The number of benzene rings is 2. The van der Waals surface area contributed by atoms with Gasteiger partial charge in [0.1, 0.15) is 10.8 Å². The molecule has 0 aliphatic carbocycles. The molecule has 0 heterocycles. The summed E-state index contributed by atoms with van der Waals surface area (Å²) in [6.07, 6.45) is 0. The minimum Gasteiger partial charge on any atom is -0.443 e. The summed E-state index contributed by atoms with van der Waals surface area (Å²) < 4.78 is 5.51. The highest BCUT2D eigenvalue weighted by Crippen LogP contribution is 2.39. The van der Waals surface area contributed by atoms with Crippen LogP contribution in [0.4, 0.5) is 11.4 Å². The van der Waals surface area contributed by atoms with Crippen molar-refractivity contribution in [1.82, 2.24) is 0 Å². The lowest BCUT2D eigenvalue weighted by Gasteiger charge is -2.10. The Bertz CT molecular complexity index is 994. The van der Waals surface area contributed by atoms with Crippen molar-refractivity contribution in [3.05, 3.63) is 67.8 Å². The van der Waals surface area contributed by atoms with Crippen LogP contribution in [0.2, 0.25) is 0 Å². The largest absolute Gasteiger partial charge is 0.443 e. The lowest BCUT2D eigenvalue weighted by atomic mass is 10.1. The smallest absolute Gasteiger partial charge is 0.311 e. The normalized spacial score (nSPS) is 11.9. The van der Waals surface area contributed by atoms with E-state index < -0.39 is 32.0 Å². The number of nitro benzene ring substituents is 2. The van der Waals surface area contributed by atoms with Crippen LogP contribution in [0.5, 0.6) is 11.5 Å². The average molecular weight is 433 g/mol. The summed E-state index contributed by atoms with van der Waals surface area (Å²) in [5.74, 6) is 10.3. The lowest BCUT2D eigenvalue weighted by Crippen LogP contribution is -1.99. The second-order valence-electron chi connectivity index (χ2n) is 5.58. The Morgan fingerprint density at radius 3 is 1.52 bits per heavy atom. The molecule has 2 atom stereocenters. The molecule has 0 amide bonds. The Morgan fingerprint density at radius 2 is 1.21 bits per heavy atom. The van der Waals surface area contributed by atoms with Gasteiger partial charge in [-0.05, 0) is 37.1 Å². The molecule has 2 aromatic carbocycles. The number of nitro groups is 2. The third kappa shape index (κ3) is 5.39. The SMILES string of the molecule is CC#CC(Cl)c1ccc(Oc2ccc(C(Cl)C#CC)cc2[N+](=O)[O-])c([N+](=O)[O-])c1. The molecule has 0 aromatic heterocycles. The monoisotopic (exact) mass is 432 g/mol. The van der Waals surface area contributed by atoms with Crippen molar-refractivity contribution in [3.63, 3.8) is 0 Å². The van der Waals surface area contributed by atoms with Crippen LogP contribution in [0.15, 0.2) is 36.4 Å². The van der Waals surface area contributed by atoms with Gasteiger partial charge in [-0.1, -0.05) is 24.0 Å². The van der Waals surface area contributed by atoms with E-state index in [1.807, 2.05) is 0 Å². The molecule has 0 spiro atoms. The van der Waals surface area contributed by atoms with Crippen LogP contribution >= 0.6 is 23.2 Å². The Labute approximate surface area is 176 Å². The van der Waals surface area contributed by atoms with Crippen LogP contribution in [0.3, 0.4) is 0 Å². The fourth-order valence-corrected chi connectivity index (χ4v) is 2.87. The molecule has 29 heavy (non-hydrogen) atoms. The highest BCUT2D eigenvalue weighted by atomic mass is 35.5. The minimum atomic E-state index is -0.735. The van der Waals surface area contributed by atoms with E-state index in [1.54, 1.807) is 13.8 Å². The number of halogens is 2. The summed E-state index contributed by atoms with van der Waals surface area (Å²) in [4.78, 5) is 21.6. The van der Waals surface area contributed by atoms with Crippen LogP contribution in [0, 0.1) is 43.9 Å². The Kier molecular flexibility index (Phi) is 7.44. The van der Waals surface area contributed by atoms with Gasteiger partial charge in [0.2, 0.25) is 11.5 Å². The molecule has 0 N–H and O–H groups in total. The summed E-state index contributed by atoms with van der Waals surface area (Å²) in [7, 11) is 0. The van der Waals surface area contributed by atoms with Gasteiger partial charge in [-0.2, -0.15) is 0 Å². The quantitative estimate of drug-likeness (QED) is 0.245. The van der Waals surface area contributed by atoms with Crippen molar-refractivity contribution in [3.8, 4) is 35.2 Å². The maximum Gasteiger partial charge on any atom is 0.311 e. The van der Waals surface area contributed by atoms with Gasteiger partial charge in [0.05, 0.1) is 9.85 Å². The van der Waals surface area contributed by atoms with Gasteiger partial charge in [0.25, 0.3) is 0 Å². The second-order valence-corrected chi connectivity index (χ2v) is 6.46. The maximum absolute atomic E-state index is 11.5. The van der Waals surface area contributed by atoms with E-state index in [0.717, 1.165) is 0 Å². The molecule has 148 valence electrons. The van der Waals surface area contributed by atoms with Crippen molar-refractivity contribution in [2.75, 3.05) is 0 Å². The van der Waals surface area contributed by atoms with Crippen molar-refractivity contribution < 1.29 is 14.6 Å². The van der Waals surface area contributed by atoms with Gasteiger partial charge in [0, 0.05) is 12.1 Å². The van der Waals surface area contributed by atoms with Crippen molar-refractivity contribution in [2.45, 2.75) is 24.6 Å². The molecule has 9 heteroatoms. The van der Waals surface area contributed by atoms with E-state index >= 15 is 0 Å². The molecule has 0 aliphatic heterocycles. The summed E-state index contributed by atoms with van der Waals surface area (Å²) in [5.41, 5.74) is 0.0362. The fourth-order valence-electron chi connectivity index (χ4n) is 2.38. The number of ether oxygens (including phenoxy) is 1. The van der Waals surface area contributed by atoms with Crippen LogP contribution in [-0.2, 0) is 0 Å². The van der Waals surface area contributed by atoms with E-state index in [9.17, 15) is 20.2 Å². The van der Waals surface area contributed by atoms with Gasteiger partial charge < -0.3 is 4.74 Å². The molecule has 0 fully saturated rings. The highest BCUT2D eigenvalue weighted by Gasteiger charge is 2.24. The number of alkyl halides is 2. The van der Waals surface area contributed by atoms with Crippen LogP contribution < -0.4 is 4.74 Å². The predicted molar refractivity (Wildman–Crippen MR) is 110 cm³/mol. The van der Waals surface area contributed by atoms with Gasteiger partial charge in [0.15, 0.2) is 0 Å². The first-order valence-corrected chi connectivity index (χ1v) is 9.03. The number of hydrogen-bond acceptors (Lipinski definition) is 5. The van der Waals surface area contributed by atoms with Gasteiger partial charge >= 0.3 is 11.4 Å². The first-order chi connectivity index (χ1) is 13.8. The topological polar surface area (TPSA) is 95.5 Å². The van der Waals surface area contributed by atoms with Crippen LogP contribution in [0.25, 0.3) is 0 Å². The van der Waals surface area contributed by atoms with Crippen molar-refractivity contribution >= 4 is 34.6 Å². The molecule has 2 unspecified atom stereocenters. The number of hydrogen-bond donors (Lipinski definition) is 0. The van der Waals surface area contributed by atoms with Gasteiger partial charge in [-0.15, -0.1) is 35.0 Å². The second kappa shape index (κ2) is 9.79. The van der Waals surface area contributed by atoms with Crippen LogP contribution in [0.1, 0.15) is 35.7 Å². The lowest BCUT2D eigenvalue weighted by molar-refractivity contribution is -0.387. The Morgan fingerprint density at radius 1 is 0.828 bits per heavy atom. The van der Waals surface area contributed by atoms with Crippen molar-refractivity contribution in [1.29, 1.82) is 0 Å². The molecular formula is C20H14Cl2N2O5. The molecule has 0 radical (unpaired) electrons. The fraction of sp³-hybridized carbons (Fsp3) is 0.200. The summed E-state index contributed by atoms with van der Waals surface area (Å²) in [6, 6.07) is 8.12. The standard InChI is InChI=1S/C20H14Cl2N2O5/c1-3-5-15(21)13-7-9-19(17(11-13)23(25)26)29-20-10-8-14(16(22)6-4-2)12-18(20)24(27)28/h7-12,15-16H,1-2H3. The minimum absolute atomic E-state index is 0.168. The summed E-state index contributed by atoms with van der Waals surface area (Å²) in [6.45, 7) is 3.20. The summed E-state index contributed by atoms with van der Waals surface area (Å²) >= 11 is 12.2. The van der Waals surface area contributed by atoms with E-state index in [2.05, 4.69) is 23.7 Å². The molecule has 7 nitrogen and oxygen atoms in total. The van der Waals surface area contributed by atoms with E-state index in [-0.39, 0.29) is 11.5 Å². The Balaban J connectivity index is 2.49. The average Bonchev–Trinajstić information content (AvgIpc) is 2.68. The first kappa shape index (κ1) is 22.0. The molecule has 0 bridgehead atoms. The molecule has 2 rings (SSSR count). The summed E-state index contributed by atoms with van der Waals surface area (Å²) in [5, 5.41) is 21.4. The zero-order chi connectivity index (χ0) is 21.6. The van der Waals surface area contributed by atoms with Crippen LogP contribution in [-0.4, -0.2) is 9.85 Å². The number of nitrogens with zero attached hydrogens (tertiary/aromatic N) is 2.